The van der Waals surface area contributed by atoms with E-state index in [2.05, 4.69) is 0 Å². The summed E-state index contributed by atoms with van der Waals surface area (Å²) in [4.78, 5) is 13.8. The van der Waals surface area contributed by atoms with Crippen molar-refractivity contribution in [2.24, 2.45) is 0 Å². The molecule has 1 amide bonds. The van der Waals surface area contributed by atoms with Gasteiger partial charge < -0.3 is 14.6 Å². The van der Waals surface area contributed by atoms with Crippen molar-refractivity contribution < 1.29 is 9.90 Å². The van der Waals surface area contributed by atoms with Gasteiger partial charge in [0.15, 0.2) is 0 Å². The maximum Gasteiger partial charge on any atom is 0.242 e. The van der Waals surface area contributed by atoms with Gasteiger partial charge in [0.2, 0.25) is 5.91 Å². The molecule has 0 aliphatic carbocycles. The van der Waals surface area contributed by atoms with Crippen LogP contribution in [0.5, 0.6) is 0 Å². The molecule has 2 rings (SSSR count). The number of nitrogens with zero attached hydrogens (tertiary/aromatic N) is 2. The third-order valence-electron chi connectivity index (χ3n) is 3.29. The van der Waals surface area contributed by atoms with Crippen LogP contribution < -0.4 is 0 Å². The van der Waals surface area contributed by atoms with Crippen LogP contribution in [0.15, 0.2) is 36.5 Å². The molecule has 0 saturated carbocycles. The smallest absolute Gasteiger partial charge is 0.242 e. The number of benzene rings is 1. The second-order valence-corrected chi connectivity index (χ2v) is 4.96. The van der Waals surface area contributed by atoms with Gasteiger partial charge in [0, 0.05) is 25.3 Å². The molecule has 1 atom stereocenters. The van der Waals surface area contributed by atoms with Crippen molar-refractivity contribution >= 4 is 16.8 Å². The molecule has 1 heterocycles. The zero-order chi connectivity index (χ0) is 13.8. The molecule has 0 saturated heterocycles. The molecule has 1 aromatic carbocycles. The Kier molecular flexibility index (Phi) is 4.22. The van der Waals surface area contributed by atoms with E-state index in [0.717, 1.165) is 10.9 Å². The average Bonchev–Trinajstić information content (AvgIpc) is 2.79. The number of rotatable bonds is 5. The number of fused-ring (bicyclic) bond motifs is 1. The van der Waals surface area contributed by atoms with E-state index in [1.165, 1.54) is 0 Å². The SMILES string of the molecule is CC(O)CCN(C)C(=O)Cn1ccc2ccccc21. The second kappa shape index (κ2) is 5.89. The fourth-order valence-electron chi connectivity index (χ4n) is 2.05. The molecule has 4 heteroatoms. The van der Waals surface area contributed by atoms with E-state index in [1.807, 2.05) is 41.1 Å². The Morgan fingerprint density at radius 1 is 1.37 bits per heavy atom. The number of aliphatic hydroxyl groups is 1. The fraction of sp³-hybridized carbons (Fsp3) is 0.400. The van der Waals surface area contributed by atoms with Crippen LogP contribution in [0, 0.1) is 0 Å². The van der Waals surface area contributed by atoms with Gasteiger partial charge >= 0.3 is 0 Å². The highest BCUT2D eigenvalue weighted by molar-refractivity contribution is 5.83. The third kappa shape index (κ3) is 3.35. The van der Waals surface area contributed by atoms with Crippen molar-refractivity contribution in [2.75, 3.05) is 13.6 Å². The van der Waals surface area contributed by atoms with Gasteiger partial charge in [0.05, 0.1) is 6.10 Å². The van der Waals surface area contributed by atoms with E-state index in [0.29, 0.717) is 19.5 Å². The van der Waals surface area contributed by atoms with Crippen LogP contribution in [-0.2, 0) is 11.3 Å². The van der Waals surface area contributed by atoms with Gasteiger partial charge in [0.1, 0.15) is 6.54 Å². The van der Waals surface area contributed by atoms with Crippen molar-refractivity contribution in [3.8, 4) is 0 Å². The van der Waals surface area contributed by atoms with Crippen molar-refractivity contribution in [2.45, 2.75) is 26.0 Å². The summed E-state index contributed by atoms with van der Waals surface area (Å²) >= 11 is 0. The minimum atomic E-state index is -0.373. The topological polar surface area (TPSA) is 45.5 Å². The summed E-state index contributed by atoms with van der Waals surface area (Å²) in [5.74, 6) is 0.0574. The Morgan fingerprint density at radius 3 is 2.84 bits per heavy atom. The molecule has 0 aliphatic rings. The quantitative estimate of drug-likeness (QED) is 0.892. The first kappa shape index (κ1) is 13.6. The lowest BCUT2D eigenvalue weighted by atomic mass is 10.2. The van der Waals surface area contributed by atoms with Gasteiger partial charge in [-0.1, -0.05) is 18.2 Å². The van der Waals surface area contributed by atoms with Crippen molar-refractivity contribution in [1.82, 2.24) is 9.47 Å². The predicted octanol–water partition coefficient (Wildman–Crippen LogP) is 1.87. The Morgan fingerprint density at radius 2 is 2.11 bits per heavy atom. The first-order valence-electron chi connectivity index (χ1n) is 6.54. The highest BCUT2D eigenvalue weighted by Gasteiger charge is 2.11. The molecular formula is C15H20N2O2. The van der Waals surface area contributed by atoms with Crippen LogP contribution in [-0.4, -0.2) is 40.2 Å². The van der Waals surface area contributed by atoms with E-state index in [4.69, 9.17) is 0 Å². The van der Waals surface area contributed by atoms with E-state index in [1.54, 1.807) is 18.9 Å². The van der Waals surface area contributed by atoms with Crippen LogP contribution in [0.25, 0.3) is 10.9 Å². The Bertz CT molecular complexity index is 560. The third-order valence-corrected chi connectivity index (χ3v) is 3.29. The van der Waals surface area contributed by atoms with Crippen molar-refractivity contribution in [3.63, 3.8) is 0 Å². The van der Waals surface area contributed by atoms with Crippen LogP contribution in [0.2, 0.25) is 0 Å². The highest BCUT2D eigenvalue weighted by Crippen LogP contribution is 2.15. The summed E-state index contributed by atoms with van der Waals surface area (Å²) in [5.41, 5.74) is 1.07. The summed E-state index contributed by atoms with van der Waals surface area (Å²) < 4.78 is 1.95. The number of hydrogen-bond donors (Lipinski definition) is 1. The van der Waals surface area contributed by atoms with Gasteiger partial charge in [0.25, 0.3) is 0 Å². The number of likely N-dealkylation sites (N-methyl/N-ethyl adjacent to an activating group) is 1. The molecule has 1 N–H and O–H groups in total. The van der Waals surface area contributed by atoms with Gasteiger partial charge in [-0.2, -0.15) is 0 Å². The first-order chi connectivity index (χ1) is 9.08. The largest absolute Gasteiger partial charge is 0.393 e. The zero-order valence-corrected chi connectivity index (χ0v) is 11.4. The molecule has 1 aromatic heterocycles. The van der Waals surface area contributed by atoms with Crippen LogP contribution in [0.1, 0.15) is 13.3 Å². The first-order valence-corrected chi connectivity index (χ1v) is 6.54. The number of carbonyl (C=O) groups excluding carboxylic acids is 1. The second-order valence-electron chi connectivity index (χ2n) is 4.96. The van der Waals surface area contributed by atoms with E-state index >= 15 is 0 Å². The average molecular weight is 260 g/mol. The minimum Gasteiger partial charge on any atom is -0.393 e. The Hall–Kier alpha value is -1.81. The lowest BCUT2D eigenvalue weighted by Crippen LogP contribution is -2.32. The molecule has 0 bridgehead atoms. The van der Waals surface area contributed by atoms with Gasteiger partial charge in [-0.15, -0.1) is 0 Å². The molecular weight excluding hydrogens is 240 g/mol. The number of aliphatic hydroxyl groups excluding tert-OH is 1. The van der Waals surface area contributed by atoms with Gasteiger partial charge in [-0.05, 0) is 30.9 Å². The van der Waals surface area contributed by atoms with Gasteiger partial charge in [-0.3, -0.25) is 4.79 Å². The monoisotopic (exact) mass is 260 g/mol. The molecule has 19 heavy (non-hydrogen) atoms. The van der Waals surface area contributed by atoms with Crippen LogP contribution >= 0.6 is 0 Å². The maximum absolute atomic E-state index is 12.1. The summed E-state index contributed by atoms with van der Waals surface area (Å²) in [6.45, 7) is 2.65. The van der Waals surface area contributed by atoms with Crippen molar-refractivity contribution in [1.29, 1.82) is 0 Å². The maximum atomic E-state index is 12.1. The number of para-hydroxylation sites is 1. The number of hydrogen-bond acceptors (Lipinski definition) is 2. The van der Waals surface area contributed by atoms with Gasteiger partial charge in [-0.25, -0.2) is 0 Å². The molecule has 1 unspecified atom stereocenters. The number of aromatic nitrogens is 1. The van der Waals surface area contributed by atoms with Crippen LogP contribution in [0.4, 0.5) is 0 Å². The minimum absolute atomic E-state index is 0.0574. The van der Waals surface area contributed by atoms with E-state index in [9.17, 15) is 9.90 Å². The van der Waals surface area contributed by atoms with Crippen LogP contribution in [0.3, 0.4) is 0 Å². The molecule has 0 fully saturated rings. The number of amides is 1. The summed E-state index contributed by atoms with van der Waals surface area (Å²) in [6, 6.07) is 10.0. The lowest BCUT2D eigenvalue weighted by Gasteiger charge is -2.18. The summed E-state index contributed by atoms with van der Waals surface area (Å²) in [5, 5.41) is 10.4. The Balaban J connectivity index is 2.02. The molecule has 4 nitrogen and oxygen atoms in total. The Labute approximate surface area is 113 Å². The van der Waals surface area contributed by atoms with E-state index < -0.39 is 0 Å². The number of carbonyl (C=O) groups is 1. The molecule has 102 valence electrons. The molecule has 0 spiro atoms. The zero-order valence-electron chi connectivity index (χ0n) is 11.4. The highest BCUT2D eigenvalue weighted by atomic mass is 16.3. The fourth-order valence-corrected chi connectivity index (χ4v) is 2.05. The van der Waals surface area contributed by atoms with E-state index in [-0.39, 0.29) is 12.0 Å². The summed E-state index contributed by atoms with van der Waals surface area (Å²) in [7, 11) is 1.77. The standard InChI is InChI=1S/C15H20N2O2/c1-12(18)7-9-16(2)15(19)11-17-10-8-13-5-3-4-6-14(13)17/h3-6,8,10,12,18H,7,9,11H2,1-2H3. The summed E-state index contributed by atoms with van der Waals surface area (Å²) in [6.07, 6.45) is 2.17. The molecule has 0 aliphatic heterocycles. The van der Waals surface area contributed by atoms with Crippen molar-refractivity contribution in [3.05, 3.63) is 36.5 Å². The lowest BCUT2D eigenvalue weighted by molar-refractivity contribution is -0.130. The molecule has 0 radical (unpaired) electrons. The molecule has 2 aromatic rings. The normalized spacial score (nSPS) is 12.6. The predicted molar refractivity (Wildman–Crippen MR) is 75.9 cm³/mol.